The van der Waals surface area contributed by atoms with Crippen molar-refractivity contribution >= 4 is 35.0 Å². The van der Waals surface area contributed by atoms with Crippen molar-refractivity contribution < 1.29 is 14.3 Å². The van der Waals surface area contributed by atoms with Crippen molar-refractivity contribution in [1.29, 1.82) is 0 Å². The first kappa shape index (κ1) is 22.1. The molecule has 5 nitrogen and oxygen atoms in total. The van der Waals surface area contributed by atoms with E-state index in [0.29, 0.717) is 21.4 Å². The Kier molecular flexibility index (Phi) is 8.15. The zero-order valence-electron chi connectivity index (χ0n) is 16.2. The summed E-state index contributed by atoms with van der Waals surface area (Å²) in [4.78, 5) is 26.4. The first-order valence-electron chi connectivity index (χ1n) is 9.02. The van der Waals surface area contributed by atoms with E-state index in [1.54, 1.807) is 25.1 Å². The lowest BCUT2D eigenvalue weighted by atomic mass is 10.1. The van der Waals surface area contributed by atoms with Crippen molar-refractivity contribution in [2.24, 2.45) is 0 Å². The monoisotopic (exact) mass is 422 g/mol. The zero-order valence-corrected chi connectivity index (χ0v) is 17.7. The Bertz CT molecular complexity index is 825. The molecule has 2 amide bonds. The van der Waals surface area contributed by atoms with Gasteiger partial charge in [0.05, 0.1) is 0 Å². The predicted molar refractivity (Wildman–Crippen MR) is 112 cm³/mol. The Morgan fingerprint density at radius 2 is 1.82 bits per heavy atom. The fourth-order valence-electron chi connectivity index (χ4n) is 2.67. The van der Waals surface area contributed by atoms with Gasteiger partial charge in [0, 0.05) is 23.6 Å². The third-order valence-electron chi connectivity index (χ3n) is 4.46. The van der Waals surface area contributed by atoms with Gasteiger partial charge < -0.3 is 15.0 Å². The van der Waals surface area contributed by atoms with Gasteiger partial charge >= 0.3 is 0 Å². The maximum absolute atomic E-state index is 12.8. The summed E-state index contributed by atoms with van der Waals surface area (Å²) in [6, 6.07) is 11.9. The van der Waals surface area contributed by atoms with Gasteiger partial charge in [0.1, 0.15) is 11.8 Å². The second-order valence-electron chi connectivity index (χ2n) is 6.33. The lowest BCUT2D eigenvalue weighted by molar-refractivity contribution is -0.142. The maximum Gasteiger partial charge on any atom is 0.261 e. The molecule has 0 aliphatic carbocycles. The SMILES string of the molecule is CCc1ccc(OCC(=O)N(Cc2ccc(Cl)cc2Cl)[C@@H](C)C(=O)NC)cc1. The minimum atomic E-state index is -0.685. The van der Waals surface area contributed by atoms with Gasteiger partial charge in [0.25, 0.3) is 5.91 Å². The van der Waals surface area contributed by atoms with Crippen LogP contribution in [-0.2, 0) is 22.6 Å². The number of hydrogen-bond acceptors (Lipinski definition) is 3. The number of carbonyl (C=O) groups excluding carboxylic acids is 2. The van der Waals surface area contributed by atoms with Crippen molar-refractivity contribution in [2.45, 2.75) is 32.9 Å². The molecule has 1 N–H and O–H groups in total. The van der Waals surface area contributed by atoms with E-state index in [9.17, 15) is 9.59 Å². The van der Waals surface area contributed by atoms with Crippen LogP contribution in [0.5, 0.6) is 5.75 Å². The molecule has 2 aromatic carbocycles. The fraction of sp³-hybridized carbons (Fsp3) is 0.333. The largest absolute Gasteiger partial charge is 0.484 e. The van der Waals surface area contributed by atoms with E-state index in [0.717, 1.165) is 6.42 Å². The van der Waals surface area contributed by atoms with E-state index < -0.39 is 6.04 Å². The summed E-state index contributed by atoms with van der Waals surface area (Å²) in [5.74, 6) is 0.00930. The highest BCUT2D eigenvalue weighted by Gasteiger charge is 2.26. The third-order valence-corrected chi connectivity index (χ3v) is 5.05. The number of carbonyl (C=O) groups is 2. The molecule has 0 bridgehead atoms. The highest BCUT2D eigenvalue weighted by molar-refractivity contribution is 6.35. The Hall–Kier alpha value is -2.24. The van der Waals surface area contributed by atoms with Gasteiger partial charge in [-0.25, -0.2) is 0 Å². The van der Waals surface area contributed by atoms with Gasteiger partial charge in [-0.15, -0.1) is 0 Å². The lowest BCUT2D eigenvalue weighted by Crippen LogP contribution is -2.48. The fourth-order valence-corrected chi connectivity index (χ4v) is 3.14. The van der Waals surface area contributed by atoms with Crippen LogP contribution >= 0.6 is 23.2 Å². The molecule has 0 fully saturated rings. The Balaban J connectivity index is 2.14. The number of amides is 2. The third kappa shape index (κ3) is 5.88. The van der Waals surface area contributed by atoms with Gasteiger partial charge in [-0.1, -0.05) is 48.3 Å². The molecule has 28 heavy (non-hydrogen) atoms. The summed E-state index contributed by atoms with van der Waals surface area (Å²) in [6.45, 7) is 3.72. The quantitative estimate of drug-likeness (QED) is 0.696. The van der Waals surface area contributed by atoms with Gasteiger partial charge in [-0.3, -0.25) is 9.59 Å². The Morgan fingerprint density at radius 1 is 1.14 bits per heavy atom. The zero-order chi connectivity index (χ0) is 20.7. The van der Waals surface area contributed by atoms with Crippen LogP contribution in [-0.4, -0.2) is 36.4 Å². The van der Waals surface area contributed by atoms with Crippen LogP contribution in [0, 0.1) is 0 Å². The number of nitrogens with zero attached hydrogens (tertiary/aromatic N) is 1. The second kappa shape index (κ2) is 10.3. The summed E-state index contributed by atoms with van der Waals surface area (Å²) < 4.78 is 5.62. The van der Waals surface area contributed by atoms with Crippen LogP contribution in [0.15, 0.2) is 42.5 Å². The first-order valence-corrected chi connectivity index (χ1v) is 9.78. The summed E-state index contributed by atoms with van der Waals surface area (Å²) in [6.07, 6.45) is 0.929. The van der Waals surface area contributed by atoms with E-state index >= 15 is 0 Å². The predicted octanol–water partition coefficient (Wildman–Crippen LogP) is 4.10. The standard InChI is InChI=1S/C21H24Cl2N2O3/c1-4-15-5-9-18(10-6-15)28-13-20(26)25(14(2)21(27)24-3)12-16-7-8-17(22)11-19(16)23/h5-11,14H,4,12-13H2,1-3H3,(H,24,27)/t14-/m0/s1. The summed E-state index contributed by atoms with van der Waals surface area (Å²) in [5, 5.41) is 3.51. The van der Waals surface area contributed by atoms with Crippen molar-refractivity contribution in [3.05, 3.63) is 63.6 Å². The van der Waals surface area contributed by atoms with Crippen molar-refractivity contribution in [3.8, 4) is 5.75 Å². The minimum Gasteiger partial charge on any atom is -0.484 e. The van der Waals surface area contributed by atoms with Gasteiger partial charge in [-0.2, -0.15) is 0 Å². The van der Waals surface area contributed by atoms with E-state index in [4.69, 9.17) is 27.9 Å². The highest BCUT2D eigenvalue weighted by atomic mass is 35.5. The van der Waals surface area contributed by atoms with Gasteiger partial charge in [0.2, 0.25) is 5.91 Å². The minimum absolute atomic E-state index is 0.168. The van der Waals surface area contributed by atoms with Crippen LogP contribution in [0.25, 0.3) is 0 Å². The van der Waals surface area contributed by atoms with Crippen LogP contribution in [0.4, 0.5) is 0 Å². The van der Waals surface area contributed by atoms with Crippen molar-refractivity contribution in [2.75, 3.05) is 13.7 Å². The average Bonchev–Trinajstić information content (AvgIpc) is 2.70. The van der Waals surface area contributed by atoms with E-state index in [-0.39, 0.29) is 25.0 Å². The van der Waals surface area contributed by atoms with Gasteiger partial charge in [-0.05, 0) is 48.7 Å². The molecular weight excluding hydrogens is 399 g/mol. The topological polar surface area (TPSA) is 58.6 Å². The number of halogens is 2. The molecule has 0 aliphatic heterocycles. The molecule has 7 heteroatoms. The van der Waals surface area contributed by atoms with Crippen molar-refractivity contribution in [3.63, 3.8) is 0 Å². The molecule has 0 spiro atoms. The Labute approximate surface area is 175 Å². The normalized spacial score (nSPS) is 11.6. The summed E-state index contributed by atoms with van der Waals surface area (Å²) in [5.41, 5.74) is 1.88. The molecule has 0 saturated heterocycles. The molecule has 2 rings (SSSR count). The van der Waals surface area contributed by atoms with E-state index in [1.807, 2.05) is 24.3 Å². The van der Waals surface area contributed by atoms with E-state index in [1.165, 1.54) is 17.5 Å². The number of aryl methyl sites for hydroxylation is 1. The van der Waals surface area contributed by atoms with E-state index in [2.05, 4.69) is 12.2 Å². The number of rotatable bonds is 8. The van der Waals surface area contributed by atoms with Crippen molar-refractivity contribution in [1.82, 2.24) is 10.2 Å². The molecule has 0 aliphatic rings. The number of likely N-dealkylation sites (N-methyl/N-ethyl adjacent to an activating group) is 1. The van der Waals surface area contributed by atoms with Gasteiger partial charge in [0.15, 0.2) is 6.61 Å². The summed E-state index contributed by atoms with van der Waals surface area (Å²) >= 11 is 12.2. The molecule has 0 radical (unpaired) electrons. The summed E-state index contributed by atoms with van der Waals surface area (Å²) in [7, 11) is 1.53. The number of nitrogens with one attached hydrogen (secondary N) is 1. The van der Waals surface area contributed by atoms with Crippen LogP contribution in [0.1, 0.15) is 25.0 Å². The number of ether oxygens (including phenoxy) is 1. The smallest absolute Gasteiger partial charge is 0.261 e. The number of hydrogen-bond donors (Lipinski definition) is 1. The highest BCUT2D eigenvalue weighted by Crippen LogP contribution is 2.23. The molecule has 150 valence electrons. The Morgan fingerprint density at radius 3 is 2.39 bits per heavy atom. The molecule has 0 heterocycles. The molecular formula is C21H24Cl2N2O3. The number of benzene rings is 2. The van der Waals surface area contributed by atoms with Crippen LogP contribution in [0.3, 0.4) is 0 Å². The van der Waals surface area contributed by atoms with Crippen LogP contribution in [0.2, 0.25) is 10.0 Å². The molecule has 0 unspecified atom stereocenters. The average molecular weight is 423 g/mol. The first-order chi connectivity index (χ1) is 13.3. The maximum atomic E-state index is 12.8. The molecule has 1 atom stereocenters. The molecule has 2 aromatic rings. The van der Waals surface area contributed by atoms with Crippen LogP contribution < -0.4 is 10.1 Å². The molecule has 0 aromatic heterocycles. The lowest BCUT2D eigenvalue weighted by Gasteiger charge is -2.28. The second-order valence-corrected chi connectivity index (χ2v) is 7.18. The molecule has 0 saturated carbocycles.